The predicted molar refractivity (Wildman–Crippen MR) is 126 cm³/mol. The maximum absolute atomic E-state index is 14.1. The number of hydrogen-bond acceptors (Lipinski definition) is 7. The van der Waals surface area contributed by atoms with Crippen LogP contribution < -0.4 is 9.47 Å². The zero-order valence-electron chi connectivity index (χ0n) is 17.5. The highest BCUT2D eigenvalue weighted by molar-refractivity contribution is 9.10. The second-order valence-corrected chi connectivity index (χ2v) is 8.85. The van der Waals surface area contributed by atoms with Crippen molar-refractivity contribution >= 4 is 62.5 Å². The second kappa shape index (κ2) is 11.0. The molecule has 0 spiro atoms. The van der Waals surface area contributed by atoms with Crippen LogP contribution in [0.3, 0.4) is 0 Å². The van der Waals surface area contributed by atoms with Gasteiger partial charge < -0.3 is 14.2 Å². The van der Waals surface area contributed by atoms with Crippen LogP contribution in [0.4, 0.5) is 9.18 Å². The SMILES string of the molecule is CCOC(=O)COc1c(Br)cc(/C=C2\SC(=O)N(Cc3c(F)cccc3Cl)C2=O)cc1OC. The fourth-order valence-electron chi connectivity index (χ4n) is 2.93. The Hall–Kier alpha value is -2.56. The van der Waals surface area contributed by atoms with Gasteiger partial charge in [0.25, 0.3) is 11.1 Å². The number of esters is 1. The van der Waals surface area contributed by atoms with Crippen LogP contribution in [0.5, 0.6) is 11.5 Å². The number of imide groups is 1. The van der Waals surface area contributed by atoms with Gasteiger partial charge in [-0.05, 0) is 70.5 Å². The minimum atomic E-state index is -0.599. The number of nitrogens with zero attached hydrogens (tertiary/aromatic N) is 1. The Bertz CT molecular complexity index is 1120. The molecule has 1 aliphatic heterocycles. The largest absolute Gasteiger partial charge is 0.493 e. The van der Waals surface area contributed by atoms with E-state index in [0.717, 1.165) is 16.7 Å². The van der Waals surface area contributed by atoms with Crippen LogP contribution in [-0.2, 0) is 20.9 Å². The molecule has 0 radical (unpaired) electrons. The summed E-state index contributed by atoms with van der Waals surface area (Å²) < 4.78 is 30.2. The van der Waals surface area contributed by atoms with E-state index < -0.39 is 22.9 Å². The van der Waals surface area contributed by atoms with Crippen LogP contribution >= 0.6 is 39.3 Å². The van der Waals surface area contributed by atoms with Gasteiger partial charge in [0.1, 0.15) is 5.82 Å². The lowest BCUT2D eigenvalue weighted by Crippen LogP contribution is -2.28. The van der Waals surface area contributed by atoms with E-state index >= 15 is 0 Å². The minimum Gasteiger partial charge on any atom is -0.493 e. The summed E-state index contributed by atoms with van der Waals surface area (Å²) in [6.07, 6.45) is 1.51. The van der Waals surface area contributed by atoms with E-state index in [2.05, 4.69) is 15.9 Å². The van der Waals surface area contributed by atoms with E-state index in [0.29, 0.717) is 15.8 Å². The molecule has 1 saturated heterocycles. The molecule has 0 atom stereocenters. The standard InChI is InChI=1S/C22H18BrClFNO6S/c1-3-31-19(27)11-32-20-14(23)7-12(8-17(20)30-2)9-18-21(28)26(22(29)33-18)10-13-15(24)5-4-6-16(13)25/h4-9H,3,10-11H2,1-2H3/b18-9-. The first-order chi connectivity index (χ1) is 15.7. The summed E-state index contributed by atoms with van der Waals surface area (Å²) in [5, 5.41) is -0.406. The van der Waals surface area contributed by atoms with Gasteiger partial charge >= 0.3 is 5.97 Å². The molecule has 174 valence electrons. The molecule has 33 heavy (non-hydrogen) atoms. The number of carbonyl (C=O) groups is 3. The third-order valence-electron chi connectivity index (χ3n) is 4.44. The van der Waals surface area contributed by atoms with E-state index in [4.69, 9.17) is 25.8 Å². The van der Waals surface area contributed by atoms with Crippen molar-refractivity contribution in [2.75, 3.05) is 20.3 Å². The molecule has 0 unspecified atom stereocenters. The molecule has 1 heterocycles. The Labute approximate surface area is 206 Å². The lowest BCUT2D eigenvalue weighted by molar-refractivity contribution is -0.145. The van der Waals surface area contributed by atoms with Gasteiger partial charge in [-0.15, -0.1) is 0 Å². The van der Waals surface area contributed by atoms with Crippen molar-refractivity contribution in [3.8, 4) is 11.5 Å². The number of halogens is 3. The topological polar surface area (TPSA) is 82.1 Å². The first-order valence-corrected chi connectivity index (χ1v) is 11.6. The quantitative estimate of drug-likeness (QED) is 0.316. The van der Waals surface area contributed by atoms with Crippen molar-refractivity contribution in [3.63, 3.8) is 0 Å². The average molecular weight is 559 g/mol. The summed E-state index contributed by atoms with van der Waals surface area (Å²) in [7, 11) is 1.43. The van der Waals surface area contributed by atoms with Crippen LogP contribution in [0.1, 0.15) is 18.1 Å². The van der Waals surface area contributed by atoms with Crippen LogP contribution in [0.2, 0.25) is 5.02 Å². The van der Waals surface area contributed by atoms with E-state index in [-0.39, 0.29) is 41.0 Å². The molecular formula is C22H18BrClFNO6S. The first-order valence-electron chi connectivity index (χ1n) is 9.59. The van der Waals surface area contributed by atoms with E-state index in [9.17, 15) is 18.8 Å². The number of carbonyl (C=O) groups excluding carboxylic acids is 3. The predicted octanol–water partition coefficient (Wildman–Crippen LogP) is 5.43. The summed E-state index contributed by atoms with van der Waals surface area (Å²) in [5.74, 6) is -1.11. The van der Waals surface area contributed by atoms with Crippen molar-refractivity contribution in [3.05, 3.63) is 61.7 Å². The lowest BCUT2D eigenvalue weighted by Gasteiger charge is -2.14. The molecular weight excluding hydrogens is 541 g/mol. The van der Waals surface area contributed by atoms with E-state index in [1.54, 1.807) is 19.1 Å². The molecule has 11 heteroatoms. The van der Waals surface area contributed by atoms with Crippen LogP contribution in [0.15, 0.2) is 39.7 Å². The Kier molecular flexibility index (Phi) is 8.39. The van der Waals surface area contributed by atoms with Crippen molar-refractivity contribution in [1.82, 2.24) is 4.90 Å². The Morgan fingerprint density at radius 3 is 2.73 bits per heavy atom. The molecule has 0 bridgehead atoms. The molecule has 0 aromatic heterocycles. The van der Waals surface area contributed by atoms with Crippen molar-refractivity contribution in [2.45, 2.75) is 13.5 Å². The molecule has 7 nitrogen and oxygen atoms in total. The highest BCUT2D eigenvalue weighted by atomic mass is 79.9. The Morgan fingerprint density at radius 1 is 1.30 bits per heavy atom. The number of amides is 2. The third kappa shape index (κ3) is 5.87. The zero-order chi connectivity index (χ0) is 24.1. The molecule has 0 N–H and O–H groups in total. The average Bonchev–Trinajstić information content (AvgIpc) is 3.02. The smallest absolute Gasteiger partial charge is 0.344 e. The number of hydrogen-bond donors (Lipinski definition) is 0. The van der Waals surface area contributed by atoms with Crippen LogP contribution in [-0.4, -0.2) is 42.3 Å². The van der Waals surface area contributed by atoms with Crippen LogP contribution in [0, 0.1) is 5.82 Å². The van der Waals surface area contributed by atoms with Crippen molar-refractivity contribution in [2.24, 2.45) is 0 Å². The maximum Gasteiger partial charge on any atom is 0.344 e. The maximum atomic E-state index is 14.1. The highest BCUT2D eigenvalue weighted by Gasteiger charge is 2.36. The number of methoxy groups -OCH3 is 1. The summed E-state index contributed by atoms with van der Waals surface area (Å²) in [6.45, 7) is 1.34. The summed E-state index contributed by atoms with van der Waals surface area (Å²) >= 11 is 10.1. The molecule has 3 rings (SSSR count). The second-order valence-electron chi connectivity index (χ2n) is 6.60. The molecule has 2 aromatic rings. The first kappa shape index (κ1) is 25.1. The van der Waals surface area contributed by atoms with E-state index in [1.165, 1.54) is 31.4 Å². The molecule has 2 aromatic carbocycles. The molecule has 1 fully saturated rings. The molecule has 0 saturated carbocycles. The molecule has 1 aliphatic rings. The number of ether oxygens (including phenoxy) is 3. The van der Waals surface area contributed by atoms with Gasteiger partial charge in [-0.1, -0.05) is 17.7 Å². The third-order valence-corrected chi connectivity index (χ3v) is 6.29. The number of rotatable bonds is 8. The van der Waals surface area contributed by atoms with Gasteiger partial charge in [-0.3, -0.25) is 14.5 Å². The monoisotopic (exact) mass is 557 g/mol. The van der Waals surface area contributed by atoms with Crippen LogP contribution in [0.25, 0.3) is 6.08 Å². The van der Waals surface area contributed by atoms with Gasteiger partial charge in [0, 0.05) is 10.6 Å². The summed E-state index contributed by atoms with van der Waals surface area (Å²) in [5.41, 5.74) is 0.604. The number of benzene rings is 2. The Morgan fingerprint density at radius 2 is 2.06 bits per heavy atom. The zero-order valence-corrected chi connectivity index (χ0v) is 20.7. The van der Waals surface area contributed by atoms with Gasteiger partial charge in [0.05, 0.1) is 29.6 Å². The fourth-order valence-corrected chi connectivity index (χ4v) is 4.56. The van der Waals surface area contributed by atoms with E-state index in [1.807, 2.05) is 0 Å². The minimum absolute atomic E-state index is 0.0650. The Balaban J connectivity index is 1.83. The number of thioether (sulfide) groups is 1. The van der Waals surface area contributed by atoms with Gasteiger partial charge in [-0.2, -0.15) is 0 Å². The normalized spacial score (nSPS) is 14.7. The lowest BCUT2D eigenvalue weighted by atomic mass is 10.1. The summed E-state index contributed by atoms with van der Waals surface area (Å²) in [6, 6.07) is 7.38. The van der Waals surface area contributed by atoms with Gasteiger partial charge in [0.2, 0.25) is 0 Å². The summed E-state index contributed by atoms with van der Waals surface area (Å²) in [4.78, 5) is 37.9. The highest BCUT2D eigenvalue weighted by Crippen LogP contribution is 2.39. The molecule has 2 amide bonds. The van der Waals surface area contributed by atoms with Gasteiger partial charge in [-0.25, -0.2) is 9.18 Å². The van der Waals surface area contributed by atoms with Gasteiger partial charge in [0.15, 0.2) is 18.1 Å². The van der Waals surface area contributed by atoms with Crippen molar-refractivity contribution < 1.29 is 33.0 Å². The fraction of sp³-hybridized carbons (Fsp3) is 0.227. The van der Waals surface area contributed by atoms with Crippen molar-refractivity contribution in [1.29, 1.82) is 0 Å². The molecule has 0 aliphatic carbocycles.